The number of hydrogen-bond donors (Lipinski definition) is 1. The van der Waals surface area contributed by atoms with Gasteiger partial charge in [0.25, 0.3) is 0 Å². The highest BCUT2D eigenvalue weighted by Gasteiger charge is 2.32. The largest absolute Gasteiger partial charge is 0.355 e. The molecule has 8 aromatic rings. The fourth-order valence-corrected chi connectivity index (χ4v) is 8.29. The lowest BCUT2D eigenvalue weighted by molar-refractivity contribution is 0.0979. The first kappa shape index (κ1) is 28.6. The molecule has 1 N–H and O–H groups in total. The van der Waals surface area contributed by atoms with Crippen LogP contribution in [-0.2, 0) is 0 Å². The highest BCUT2D eigenvalue weighted by Crippen LogP contribution is 2.45. The molecule has 7 aromatic carbocycles. The number of anilines is 2. The van der Waals surface area contributed by atoms with Gasteiger partial charge < -0.3 is 5.32 Å². The smallest absolute Gasteiger partial charge is 0.194 e. The van der Waals surface area contributed by atoms with Gasteiger partial charge in [-0.3, -0.25) is 19.2 Å². The summed E-state index contributed by atoms with van der Waals surface area (Å²) in [6.45, 7) is 0. The number of nitrogens with zero attached hydrogens (tertiary/aromatic N) is 2. The quantitative estimate of drug-likeness (QED) is 0.202. The summed E-state index contributed by atoms with van der Waals surface area (Å²) in [5.74, 6) is -0.466. The van der Waals surface area contributed by atoms with Crippen LogP contribution >= 0.6 is 0 Å². The number of rotatable bonds is 3. The van der Waals surface area contributed by atoms with Crippen LogP contribution in [0, 0.1) is 0 Å². The minimum absolute atomic E-state index is 0.0119. The third kappa shape index (κ3) is 3.71. The molecule has 11 rings (SSSR count). The molecule has 0 fully saturated rings. The van der Waals surface area contributed by atoms with E-state index in [2.05, 4.69) is 5.32 Å². The molecule has 0 amide bonds. The van der Waals surface area contributed by atoms with E-state index in [0.717, 1.165) is 49.7 Å². The van der Waals surface area contributed by atoms with E-state index in [9.17, 15) is 19.2 Å². The van der Waals surface area contributed by atoms with Gasteiger partial charge >= 0.3 is 0 Å². The molecular weight excluding hydrogens is 647 g/mol. The number of fused-ring (bicyclic) bond motifs is 6. The molecule has 3 aliphatic rings. The van der Waals surface area contributed by atoms with Crippen LogP contribution in [-0.4, -0.2) is 32.9 Å². The Labute approximate surface area is 295 Å². The minimum atomic E-state index is -0.190. The number of hydrogen-bond acceptors (Lipinski definition) is 6. The molecule has 0 saturated carbocycles. The molecule has 7 nitrogen and oxygen atoms in total. The molecule has 0 atom stereocenters. The lowest BCUT2D eigenvalue weighted by atomic mass is 9.82. The zero-order chi connectivity index (χ0) is 34.8. The van der Waals surface area contributed by atoms with Crippen molar-refractivity contribution in [2.75, 3.05) is 5.32 Å². The Hall–Kier alpha value is -7.25. The first-order valence-electron chi connectivity index (χ1n) is 17.0. The van der Waals surface area contributed by atoms with E-state index in [0.29, 0.717) is 55.9 Å². The normalized spacial score (nSPS) is 13.5. The van der Waals surface area contributed by atoms with E-state index in [1.807, 2.05) is 95.7 Å². The van der Waals surface area contributed by atoms with Gasteiger partial charge in [0.05, 0.1) is 11.2 Å². The lowest BCUT2D eigenvalue weighted by Crippen LogP contribution is -2.20. The third-order valence-electron chi connectivity index (χ3n) is 10.6. The topological polar surface area (TPSA) is 98.1 Å². The molecule has 0 aliphatic heterocycles. The molecule has 0 spiro atoms. The number of aromatic nitrogens is 2. The van der Waals surface area contributed by atoms with Gasteiger partial charge in [-0.2, -0.15) is 5.10 Å². The highest BCUT2D eigenvalue weighted by atomic mass is 16.1. The number of ketones is 4. The van der Waals surface area contributed by atoms with E-state index in [4.69, 9.17) is 5.10 Å². The summed E-state index contributed by atoms with van der Waals surface area (Å²) in [5.41, 5.74) is 10.3. The molecule has 1 aromatic heterocycles. The molecule has 0 radical (unpaired) electrons. The number of carbonyl (C=O) groups is 4. The van der Waals surface area contributed by atoms with Gasteiger partial charge in [-0.05, 0) is 53.6 Å². The average molecular weight is 670 g/mol. The molecule has 1 heterocycles. The van der Waals surface area contributed by atoms with Crippen LogP contribution in [0.4, 0.5) is 11.4 Å². The summed E-state index contributed by atoms with van der Waals surface area (Å²) in [6, 6.07) is 40.9. The maximum Gasteiger partial charge on any atom is 0.194 e. The summed E-state index contributed by atoms with van der Waals surface area (Å²) in [4.78, 5) is 54.2. The Kier molecular flexibility index (Phi) is 5.58. The fourth-order valence-electron chi connectivity index (χ4n) is 8.29. The second kappa shape index (κ2) is 10.2. The van der Waals surface area contributed by atoms with Crippen molar-refractivity contribution >= 4 is 56.2 Å². The molecular formula is C45H23N3O4. The standard InChI is InChI=1S/C45H23N3O4/c49-42-29-9-3-4-10-30(29)44(51)36-22-24(16-18-31(36)42)46-23-15-17-25-26-19-20-37(32-11-5-12-33(39(26)32)45(52)35(25)21-23)48-38-14-6-13-34-40(38)41(47-48)27-7-1-2-8-28(27)43(34)50/h1-22,46H. The zero-order valence-electron chi connectivity index (χ0n) is 27.2. The van der Waals surface area contributed by atoms with E-state index in [-0.39, 0.29) is 23.1 Å². The monoisotopic (exact) mass is 669 g/mol. The van der Waals surface area contributed by atoms with Gasteiger partial charge in [0, 0.05) is 77.6 Å². The van der Waals surface area contributed by atoms with E-state index in [1.165, 1.54) is 0 Å². The van der Waals surface area contributed by atoms with Crippen LogP contribution in [0.15, 0.2) is 133 Å². The molecule has 0 bridgehead atoms. The van der Waals surface area contributed by atoms with Gasteiger partial charge in [-0.1, -0.05) is 91.0 Å². The van der Waals surface area contributed by atoms with Crippen LogP contribution < -0.4 is 5.32 Å². The molecule has 7 heteroatoms. The second-order valence-corrected chi connectivity index (χ2v) is 13.4. The van der Waals surface area contributed by atoms with Crippen molar-refractivity contribution in [2.24, 2.45) is 0 Å². The Morgan fingerprint density at radius 2 is 0.904 bits per heavy atom. The molecule has 0 unspecified atom stereocenters. The van der Waals surface area contributed by atoms with Gasteiger partial charge in [0.15, 0.2) is 23.1 Å². The number of benzene rings is 7. The molecule has 0 saturated heterocycles. The van der Waals surface area contributed by atoms with E-state index >= 15 is 0 Å². The summed E-state index contributed by atoms with van der Waals surface area (Å²) in [5, 5.41) is 11.0. The van der Waals surface area contributed by atoms with Crippen LogP contribution in [0.1, 0.15) is 63.7 Å². The van der Waals surface area contributed by atoms with Gasteiger partial charge in [-0.25, -0.2) is 4.68 Å². The maximum atomic E-state index is 14.3. The molecule has 242 valence electrons. The van der Waals surface area contributed by atoms with Crippen LogP contribution in [0.2, 0.25) is 0 Å². The predicted octanol–water partition coefficient (Wildman–Crippen LogP) is 9.12. The van der Waals surface area contributed by atoms with Gasteiger partial charge in [0.2, 0.25) is 0 Å². The lowest BCUT2D eigenvalue weighted by Gasteiger charge is -2.22. The second-order valence-electron chi connectivity index (χ2n) is 13.4. The SMILES string of the molecule is O=C1c2ccccc2C(=O)c2cc(Nc3ccc4c(c3)C(=O)c3cccc5c(-n6nc7c8c(cccc86)C(=O)c6ccccc6-7)ccc-4c35)ccc21. The van der Waals surface area contributed by atoms with Crippen molar-refractivity contribution in [1.82, 2.24) is 9.78 Å². The number of carbonyl (C=O) groups excluding carboxylic acids is 4. The van der Waals surface area contributed by atoms with E-state index < -0.39 is 0 Å². The summed E-state index contributed by atoms with van der Waals surface area (Å²) < 4.78 is 1.90. The fraction of sp³-hybridized carbons (Fsp3) is 0. The average Bonchev–Trinajstić information content (AvgIpc) is 3.58. The molecule has 52 heavy (non-hydrogen) atoms. The summed E-state index contributed by atoms with van der Waals surface area (Å²) in [7, 11) is 0. The highest BCUT2D eigenvalue weighted by molar-refractivity contribution is 6.29. The van der Waals surface area contributed by atoms with Gasteiger partial charge in [0.1, 0.15) is 5.69 Å². The van der Waals surface area contributed by atoms with Crippen molar-refractivity contribution < 1.29 is 19.2 Å². The van der Waals surface area contributed by atoms with Crippen LogP contribution in [0.5, 0.6) is 0 Å². The van der Waals surface area contributed by atoms with Crippen molar-refractivity contribution in [3.8, 4) is 28.1 Å². The maximum absolute atomic E-state index is 14.3. The predicted molar refractivity (Wildman–Crippen MR) is 199 cm³/mol. The minimum Gasteiger partial charge on any atom is -0.355 e. The summed E-state index contributed by atoms with van der Waals surface area (Å²) in [6.07, 6.45) is 0. The van der Waals surface area contributed by atoms with Crippen LogP contribution in [0.3, 0.4) is 0 Å². The first-order chi connectivity index (χ1) is 25.5. The van der Waals surface area contributed by atoms with Crippen molar-refractivity contribution in [3.05, 3.63) is 178 Å². The Morgan fingerprint density at radius 1 is 0.404 bits per heavy atom. The zero-order valence-corrected chi connectivity index (χ0v) is 27.2. The Bertz CT molecular complexity index is 3020. The van der Waals surface area contributed by atoms with Crippen LogP contribution in [0.25, 0.3) is 49.7 Å². The van der Waals surface area contributed by atoms with Gasteiger partial charge in [-0.15, -0.1) is 0 Å². The first-order valence-corrected chi connectivity index (χ1v) is 17.0. The molecule has 3 aliphatic carbocycles. The third-order valence-corrected chi connectivity index (χ3v) is 10.6. The van der Waals surface area contributed by atoms with Crippen molar-refractivity contribution in [2.45, 2.75) is 0 Å². The van der Waals surface area contributed by atoms with Crippen molar-refractivity contribution in [3.63, 3.8) is 0 Å². The number of nitrogens with one attached hydrogen (secondary N) is 1. The Morgan fingerprint density at radius 3 is 1.63 bits per heavy atom. The summed E-state index contributed by atoms with van der Waals surface area (Å²) >= 11 is 0. The van der Waals surface area contributed by atoms with E-state index in [1.54, 1.807) is 42.5 Å². The Balaban J connectivity index is 1.01. The van der Waals surface area contributed by atoms with Crippen molar-refractivity contribution in [1.29, 1.82) is 0 Å².